The molecule has 3 N–H and O–H groups in total. The molecule has 1 aliphatic carbocycles. The van der Waals surface area contributed by atoms with Crippen molar-refractivity contribution in [2.45, 2.75) is 32.1 Å². The third kappa shape index (κ3) is 3.53. The molecule has 4 nitrogen and oxygen atoms in total. The van der Waals surface area contributed by atoms with E-state index in [9.17, 15) is 4.79 Å². The number of hydrogen-bond donors (Lipinski definition) is 2. The van der Waals surface area contributed by atoms with E-state index < -0.39 is 0 Å². The van der Waals surface area contributed by atoms with Gasteiger partial charge in [0.15, 0.2) is 0 Å². The number of amides is 1. The van der Waals surface area contributed by atoms with E-state index in [-0.39, 0.29) is 11.8 Å². The molecule has 1 heterocycles. The molecular formula is C14H21N3O. The summed E-state index contributed by atoms with van der Waals surface area (Å²) < 4.78 is 0. The molecule has 0 bridgehead atoms. The Balaban J connectivity index is 1.81. The van der Waals surface area contributed by atoms with E-state index in [1.807, 2.05) is 12.1 Å². The zero-order valence-corrected chi connectivity index (χ0v) is 10.6. The Bertz CT molecular complexity index is 372. The van der Waals surface area contributed by atoms with Crippen LogP contribution >= 0.6 is 0 Å². The van der Waals surface area contributed by atoms with Gasteiger partial charge in [-0.15, -0.1) is 0 Å². The van der Waals surface area contributed by atoms with Gasteiger partial charge in [0.25, 0.3) is 0 Å². The predicted molar refractivity (Wildman–Crippen MR) is 72.0 cm³/mol. The van der Waals surface area contributed by atoms with Gasteiger partial charge in [0.2, 0.25) is 5.91 Å². The van der Waals surface area contributed by atoms with Crippen molar-refractivity contribution < 1.29 is 4.79 Å². The van der Waals surface area contributed by atoms with Crippen molar-refractivity contribution in [1.29, 1.82) is 0 Å². The van der Waals surface area contributed by atoms with Gasteiger partial charge in [0.1, 0.15) is 0 Å². The first-order chi connectivity index (χ1) is 8.79. The molecule has 1 saturated carbocycles. The van der Waals surface area contributed by atoms with Crippen molar-refractivity contribution in [2.75, 3.05) is 11.9 Å². The number of rotatable bonds is 4. The smallest absolute Gasteiger partial charge is 0.227 e. The minimum Gasteiger partial charge on any atom is -0.330 e. The summed E-state index contributed by atoms with van der Waals surface area (Å²) in [4.78, 5) is 16.0. The van der Waals surface area contributed by atoms with Gasteiger partial charge < -0.3 is 11.1 Å². The minimum atomic E-state index is 0.146. The SMILES string of the molecule is NCC[C@H]1CC[C@H](C(=O)Nc2ccncc2)CC1. The number of carbonyl (C=O) groups excluding carboxylic acids is 1. The zero-order chi connectivity index (χ0) is 12.8. The van der Waals surface area contributed by atoms with Crippen LogP contribution in [0.1, 0.15) is 32.1 Å². The highest BCUT2D eigenvalue weighted by Gasteiger charge is 2.25. The molecule has 2 rings (SSSR count). The maximum Gasteiger partial charge on any atom is 0.227 e. The first-order valence-corrected chi connectivity index (χ1v) is 6.70. The van der Waals surface area contributed by atoms with Gasteiger partial charge in [-0.3, -0.25) is 9.78 Å². The summed E-state index contributed by atoms with van der Waals surface area (Å²) in [6, 6.07) is 3.63. The fourth-order valence-electron chi connectivity index (χ4n) is 2.63. The van der Waals surface area contributed by atoms with Crippen LogP contribution < -0.4 is 11.1 Å². The van der Waals surface area contributed by atoms with Crippen molar-refractivity contribution in [3.63, 3.8) is 0 Å². The third-order valence-electron chi connectivity index (χ3n) is 3.74. The predicted octanol–water partition coefficient (Wildman–Crippen LogP) is 2.18. The van der Waals surface area contributed by atoms with E-state index in [1.165, 1.54) is 0 Å². The lowest BCUT2D eigenvalue weighted by Gasteiger charge is -2.27. The maximum atomic E-state index is 12.1. The first kappa shape index (κ1) is 13.0. The van der Waals surface area contributed by atoms with E-state index in [4.69, 9.17) is 5.73 Å². The molecule has 1 aromatic rings. The van der Waals surface area contributed by atoms with Crippen molar-refractivity contribution >= 4 is 11.6 Å². The van der Waals surface area contributed by atoms with Gasteiger partial charge in [-0.05, 0) is 56.7 Å². The van der Waals surface area contributed by atoms with E-state index >= 15 is 0 Å². The zero-order valence-electron chi connectivity index (χ0n) is 10.6. The summed E-state index contributed by atoms with van der Waals surface area (Å²) in [6.07, 6.45) is 8.71. The lowest BCUT2D eigenvalue weighted by atomic mass is 9.80. The van der Waals surface area contributed by atoms with Crippen LogP contribution in [0.15, 0.2) is 24.5 Å². The molecule has 0 unspecified atom stereocenters. The van der Waals surface area contributed by atoms with Gasteiger partial charge in [-0.2, -0.15) is 0 Å². The highest BCUT2D eigenvalue weighted by Crippen LogP contribution is 2.31. The molecule has 4 heteroatoms. The van der Waals surface area contributed by atoms with E-state index in [0.29, 0.717) is 0 Å². The van der Waals surface area contributed by atoms with Gasteiger partial charge in [0, 0.05) is 24.0 Å². The Morgan fingerprint density at radius 3 is 2.56 bits per heavy atom. The lowest BCUT2D eigenvalue weighted by Crippen LogP contribution is -2.27. The van der Waals surface area contributed by atoms with Gasteiger partial charge in [0.05, 0.1) is 0 Å². The number of nitrogens with two attached hydrogens (primary N) is 1. The Kier molecular flexibility index (Phi) is 4.70. The molecular weight excluding hydrogens is 226 g/mol. The number of nitrogens with one attached hydrogen (secondary N) is 1. The molecule has 18 heavy (non-hydrogen) atoms. The molecule has 0 aliphatic heterocycles. The number of aromatic nitrogens is 1. The average molecular weight is 247 g/mol. The summed E-state index contributed by atoms with van der Waals surface area (Å²) in [5.74, 6) is 1.03. The molecule has 1 amide bonds. The first-order valence-electron chi connectivity index (χ1n) is 6.70. The monoisotopic (exact) mass is 247 g/mol. The summed E-state index contributed by atoms with van der Waals surface area (Å²) in [7, 11) is 0. The third-order valence-corrected chi connectivity index (χ3v) is 3.74. The van der Waals surface area contributed by atoms with Crippen LogP contribution in [0.4, 0.5) is 5.69 Å². The molecule has 1 fully saturated rings. The number of carbonyl (C=O) groups is 1. The van der Waals surface area contributed by atoms with Crippen LogP contribution in [0, 0.1) is 11.8 Å². The quantitative estimate of drug-likeness (QED) is 0.856. The normalized spacial score (nSPS) is 23.6. The average Bonchev–Trinajstić information content (AvgIpc) is 2.41. The van der Waals surface area contributed by atoms with Crippen molar-refractivity contribution in [3.05, 3.63) is 24.5 Å². The van der Waals surface area contributed by atoms with E-state index in [2.05, 4.69) is 10.3 Å². The van der Waals surface area contributed by atoms with E-state index in [1.54, 1.807) is 12.4 Å². The fourth-order valence-corrected chi connectivity index (χ4v) is 2.63. The van der Waals surface area contributed by atoms with Gasteiger partial charge in [-0.25, -0.2) is 0 Å². The number of pyridine rings is 1. The molecule has 0 spiro atoms. The summed E-state index contributed by atoms with van der Waals surface area (Å²) in [6.45, 7) is 0.762. The second-order valence-electron chi connectivity index (χ2n) is 5.02. The highest BCUT2D eigenvalue weighted by molar-refractivity contribution is 5.92. The summed E-state index contributed by atoms with van der Waals surface area (Å²) >= 11 is 0. The van der Waals surface area contributed by atoms with E-state index in [0.717, 1.165) is 50.3 Å². The molecule has 0 radical (unpaired) electrons. The summed E-state index contributed by atoms with van der Waals surface area (Å²) in [5, 5.41) is 2.95. The van der Waals surface area contributed by atoms with Crippen LogP contribution in [-0.2, 0) is 4.79 Å². The van der Waals surface area contributed by atoms with Gasteiger partial charge in [-0.1, -0.05) is 0 Å². The second kappa shape index (κ2) is 6.50. The van der Waals surface area contributed by atoms with Gasteiger partial charge >= 0.3 is 0 Å². The molecule has 0 saturated heterocycles. The van der Waals surface area contributed by atoms with Crippen molar-refractivity contribution in [1.82, 2.24) is 4.98 Å². The number of anilines is 1. The largest absolute Gasteiger partial charge is 0.330 e. The second-order valence-corrected chi connectivity index (χ2v) is 5.02. The number of hydrogen-bond acceptors (Lipinski definition) is 3. The van der Waals surface area contributed by atoms with Crippen LogP contribution in [-0.4, -0.2) is 17.4 Å². The summed E-state index contributed by atoms with van der Waals surface area (Å²) in [5.41, 5.74) is 6.40. The van der Waals surface area contributed by atoms with Crippen molar-refractivity contribution in [3.8, 4) is 0 Å². The maximum absolute atomic E-state index is 12.1. The highest BCUT2D eigenvalue weighted by atomic mass is 16.1. The Hall–Kier alpha value is -1.42. The van der Waals surface area contributed by atoms with Crippen LogP contribution in [0.5, 0.6) is 0 Å². The number of nitrogens with zero attached hydrogens (tertiary/aromatic N) is 1. The molecule has 1 aromatic heterocycles. The van der Waals surface area contributed by atoms with Crippen molar-refractivity contribution in [2.24, 2.45) is 17.6 Å². The standard InChI is InChI=1S/C14H21N3O/c15-8-5-11-1-3-12(4-2-11)14(18)17-13-6-9-16-10-7-13/h6-7,9-12H,1-5,8,15H2,(H,16,17,18)/t11-,12-. The minimum absolute atomic E-state index is 0.146. The molecule has 0 atom stereocenters. The molecule has 1 aliphatic rings. The Morgan fingerprint density at radius 2 is 1.94 bits per heavy atom. The Labute approximate surface area is 108 Å². The lowest BCUT2D eigenvalue weighted by molar-refractivity contribution is -0.121. The molecule has 98 valence electrons. The molecule has 0 aromatic carbocycles. The van der Waals surface area contributed by atoms with Crippen LogP contribution in [0.3, 0.4) is 0 Å². The fraction of sp³-hybridized carbons (Fsp3) is 0.571. The Morgan fingerprint density at radius 1 is 1.28 bits per heavy atom. The topological polar surface area (TPSA) is 68.0 Å². The van der Waals surface area contributed by atoms with Crippen LogP contribution in [0.25, 0.3) is 0 Å². The van der Waals surface area contributed by atoms with Crippen LogP contribution in [0.2, 0.25) is 0 Å².